The minimum Gasteiger partial charge on any atom is -0.456 e. The van der Waals surface area contributed by atoms with Crippen molar-refractivity contribution >= 4 is 12.1 Å². The predicted molar refractivity (Wildman–Crippen MR) is 96.9 cm³/mol. The molecule has 0 radical (unpaired) electrons. The molecule has 2 aromatic carbocycles. The number of aromatic nitrogens is 2. The maximum atomic E-state index is 11.6. The molecule has 5 nitrogen and oxygen atoms in total. The van der Waals surface area contributed by atoms with E-state index in [4.69, 9.17) is 4.74 Å². The highest BCUT2D eigenvalue weighted by atomic mass is 16.5. The van der Waals surface area contributed by atoms with Crippen molar-refractivity contribution in [2.75, 3.05) is 4.90 Å². The summed E-state index contributed by atoms with van der Waals surface area (Å²) in [6.45, 7) is 2.07. The summed E-state index contributed by atoms with van der Waals surface area (Å²) in [6.07, 6.45) is 4.40. The minimum atomic E-state index is 0.188. The van der Waals surface area contributed by atoms with Crippen LogP contribution in [0.3, 0.4) is 0 Å². The van der Waals surface area contributed by atoms with E-state index in [1.165, 1.54) is 0 Å². The van der Waals surface area contributed by atoms with Gasteiger partial charge < -0.3 is 9.64 Å². The first-order valence-corrected chi connectivity index (χ1v) is 8.40. The Morgan fingerprint density at radius 2 is 2.04 bits per heavy atom. The van der Waals surface area contributed by atoms with E-state index in [0.29, 0.717) is 0 Å². The molecule has 0 bridgehead atoms. The molecule has 1 atom stereocenters. The molecular formula is C20H19N3O2. The molecule has 1 aromatic heterocycles. The van der Waals surface area contributed by atoms with E-state index in [9.17, 15) is 4.79 Å². The maximum absolute atomic E-state index is 11.6. The number of benzene rings is 2. The van der Waals surface area contributed by atoms with Crippen molar-refractivity contribution in [3.05, 3.63) is 60.3 Å². The highest BCUT2D eigenvalue weighted by Gasteiger charge is 2.27. The van der Waals surface area contributed by atoms with E-state index in [1.54, 1.807) is 11.1 Å². The largest absolute Gasteiger partial charge is 0.456 e. The van der Waals surface area contributed by atoms with Gasteiger partial charge in [0.1, 0.15) is 11.5 Å². The van der Waals surface area contributed by atoms with Crippen LogP contribution < -0.4 is 9.64 Å². The van der Waals surface area contributed by atoms with Gasteiger partial charge in [0, 0.05) is 23.4 Å². The second kappa shape index (κ2) is 6.43. The molecule has 1 aliphatic heterocycles. The summed E-state index contributed by atoms with van der Waals surface area (Å²) in [5.74, 6) is 1.56. The number of nitrogens with zero attached hydrogens (tertiary/aromatic N) is 2. The Morgan fingerprint density at radius 1 is 1.20 bits per heavy atom. The van der Waals surface area contributed by atoms with E-state index >= 15 is 0 Å². The van der Waals surface area contributed by atoms with E-state index in [1.807, 2.05) is 48.5 Å². The first-order chi connectivity index (χ1) is 12.3. The van der Waals surface area contributed by atoms with Crippen molar-refractivity contribution < 1.29 is 9.53 Å². The molecule has 0 fully saturated rings. The summed E-state index contributed by atoms with van der Waals surface area (Å²) in [5, 5.41) is 7.06. The molecule has 1 unspecified atom stereocenters. The van der Waals surface area contributed by atoms with Crippen LogP contribution in [0.4, 0.5) is 5.69 Å². The van der Waals surface area contributed by atoms with Gasteiger partial charge in [-0.15, -0.1) is 0 Å². The highest BCUT2D eigenvalue weighted by Crippen LogP contribution is 2.43. The Kier molecular flexibility index (Phi) is 3.98. The highest BCUT2D eigenvalue weighted by molar-refractivity contribution is 5.84. The van der Waals surface area contributed by atoms with E-state index < -0.39 is 0 Å². The number of amides is 1. The fourth-order valence-corrected chi connectivity index (χ4v) is 3.33. The number of rotatable bonds is 4. The average molecular weight is 333 g/mol. The lowest BCUT2D eigenvalue weighted by atomic mass is 9.93. The lowest BCUT2D eigenvalue weighted by Gasteiger charge is -2.33. The van der Waals surface area contributed by atoms with Crippen molar-refractivity contribution in [2.24, 2.45) is 0 Å². The number of hydrogen-bond acceptors (Lipinski definition) is 3. The van der Waals surface area contributed by atoms with E-state index in [-0.39, 0.29) is 6.04 Å². The molecule has 126 valence electrons. The second-order valence-corrected chi connectivity index (χ2v) is 6.23. The monoisotopic (exact) mass is 333 g/mol. The van der Waals surface area contributed by atoms with Crippen LogP contribution >= 0.6 is 0 Å². The number of ether oxygens (including phenoxy) is 1. The van der Waals surface area contributed by atoms with Gasteiger partial charge in [0.15, 0.2) is 0 Å². The summed E-state index contributed by atoms with van der Waals surface area (Å²) in [4.78, 5) is 13.4. The van der Waals surface area contributed by atoms with Crippen LogP contribution in [0.15, 0.2) is 54.7 Å². The molecule has 0 spiro atoms. The molecule has 1 aliphatic rings. The Morgan fingerprint density at radius 3 is 2.76 bits per heavy atom. The van der Waals surface area contributed by atoms with Gasteiger partial charge in [0.05, 0.1) is 11.4 Å². The summed E-state index contributed by atoms with van der Waals surface area (Å²) < 4.78 is 6.27. The third kappa shape index (κ3) is 2.78. The van der Waals surface area contributed by atoms with Crippen LogP contribution in [0, 0.1) is 0 Å². The lowest BCUT2D eigenvalue weighted by molar-refractivity contribution is -0.107. The Bertz CT molecular complexity index is 875. The summed E-state index contributed by atoms with van der Waals surface area (Å²) >= 11 is 0. The Balaban J connectivity index is 1.88. The van der Waals surface area contributed by atoms with E-state index in [2.05, 4.69) is 17.1 Å². The van der Waals surface area contributed by atoms with E-state index in [0.717, 1.165) is 53.3 Å². The fraction of sp³-hybridized carbons (Fsp3) is 0.200. The SMILES string of the molecule is CC1CCc2c(ccc(-c3ccn[nH]3)c2Oc2ccccc2)N1C=O. The quantitative estimate of drug-likeness (QED) is 0.729. The molecule has 25 heavy (non-hydrogen) atoms. The number of carbonyl (C=O) groups is 1. The molecule has 1 N–H and O–H groups in total. The maximum Gasteiger partial charge on any atom is 0.214 e. The Labute approximate surface area is 146 Å². The van der Waals surface area contributed by atoms with Gasteiger partial charge in [-0.1, -0.05) is 18.2 Å². The number of hydrogen-bond donors (Lipinski definition) is 1. The first-order valence-electron chi connectivity index (χ1n) is 8.40. The molecular weight excluding hydrogens is 314 g/mol. The third-order valence-electron chi connectivity index (χ3n) is 4.67. The van der Waals surface area contributed by atoms with Crippen molar-refractivity contribution in [2.45, 2.75) is 25.8 Å². The molecule has 2 heterocycles. The van der Waals surface area contributed by atoms with Gasteiger partial charge in [-0.2, -0.15) is 5.10 Å². The molecule has 3 aromatic rings. The predicted octanol–water partition coefficient (Wildman–Crippen LogP) is 4.17. The van der Waals surface area contributed by atoms with Crippen molar-refractivity contribution in [1.29, 1.82) is 0 Å². The summed E-state index contributed by atoms with van der Waals surface area (Å²) in [5.41, 5.74) is 3.81. The lowest BCUT2D eigenvalue weighted by Crippen LogP contribution is -2.36. The minimum absolute atomic E-state index is 0.188. The number of nitrogens with one attached hydrogen (secondary N) is 1. The molecule has 0 saturated carbocycles. The van der Waals surface area contributed by atoms with Crippen LogP contribution in [0.1, 0.15) is 18.9 Å². The van der Waals surface area contributed by atoms with Crippen molar-refractivity contribution in [3.8, 4) is 22.8 Å². The number of aromatic amines is 1. The fourth-order valence-electron chi connectivity index (χ4n) is 3.33. The van der Waals surface area contributed by atoms with Gasteiger partial charge in [-0.05, 0) is 50.1 Å². The van der Waals surface area contributed by atoms with Gasteiger partial charge in [0.25, 0.3) is 0 Å². The first kappa shape index (κ1) is 15.4. The summed E-state index contributed by atoms with van der Waals surface area (Å²) in [7, 11) is 0. The van der Waals surface area contributed by atoms with Gasteiger partial charge in [-0.25, -0.2) is 0 Å². The number of H-pyrrole nitrogens is 1. The zero-order valence-corrected chi connectivity index (χ0v) is 14.0. The number of anilines is 1. The number of para-hydroxylation sites is 1. The number of fused-ring (bicyclic) bond motifs is 1. The van der Waals surface area contributed by atoms with Crippen molar-refractivity contribution in [3.63, 3.8) is 0 Å². The van der Waals surface area contributed by atoms with Gasteiger partial charge >= 0.3 is 0 Å². The van der Waals surface area contributed by atoms with Crippen LogP contribution in [0.25, 0.3) is 11.3 Å². The van der Waals surface area contributed by atoms with Crippen LogP contribution in [-0.2, 0) is 11.2 Å². The van der Waals surface area contributed by atoms with Gasteiger partial charge in [0.2, 0.25) is 6.41 Å². The average Bonchev–Trinajstić information content (AvgIpc) is 3.17. The Hall–Kier alpha value is -3.08. The zero-order chi connectivity index (χ0) is 17.2. The van der Waals surface area contributed by atoms with Gasteiger partial charge in [-0.3, -0.25) is 9.89 Å². The van der Waals surface area contributed by atoms with Crippen molar-refractivity contribution in [1.82, 2.24) is 10.2 Å². The summed E-state index contributed by atoms with van der Waals surface area (Å²) in [6, 6.07) is 15.8. The topological polar surface area (TPSA) is 58.2 Å². The molecule has 5 heteroatoms. The third-order valence-corrected chi connectivity index (χ3v) is 4.67. The smallest absolute Gasteiger partial charge is 0.214 e. The molecule has 0 saturated heterocycles. The number of carbonyl (C=O) groups excluding carboxylic acids is 1. The molecule has 4 rings (SSSR count). The zero-order valence-electron chi connectivity index (χ0n) is 14.0. The van der Waals surface area contributed by atoms with Crippen LogP contribution in [-0.4, -0.2) is 22.6 Å². The van der Waals surface area contributed by atoms with Crippen LogP contribution in [0.2, 0.25) is 0 Å². The molecule has 1 amide bonds. The normalized spacial score (nSPS) is 16.4. The van der Waals surface area contributed by atoms with Crippen LogP contribution in [0.5, 0.6) is 11.5 Å². The molecule has 0 aliphatic carbocycles. The standard InChI is InChI=1S/C20H19N3O2/c1-14-7-8-17-19(23(14)13-24)10-9-16(18-11-12-21-22-18)20(17)25-15-5-3-2-4-6-15/h2-6,9-14H,7-8H2,1H3,(H,21,22). The second-order valence-electron chi connectivity index (χ2n) is 6.23.